The standard InChI is InChI=1S/C13H19FN2/c1-10(11-6-12(14)8-15-7-11)16-9-13(2)4-3-5-13/h6-8,10,16H,3-5,9H2,1-2H3. The molecule has 0 radical (unpaired) electrons. The van der Waals surface area contributed by atoms with Gasteiger partial charge in [0.1, 0.15) is 5.82 Å². The minimum absolute atomic E-state index is 0.167. The van der Waals surface area contributed by atoms with Crippen molar-refractivity contribution in [1.82, 2.24) is 10.3 Å². The summed E-state index contributed by atoms with van der Waals surface area (Å²) in [6.07, 6.45) is 6.91. The van der Waals surface area contributed by atoms with Crippen LogP contribution in [0.2, 0.25) is 0 Å². The molecule has 88 valence electrons. The summed E-state index contributed by atoms with van der Waals surface area (Å²) in [5.74, 6) is -0.263. The normalized spacial score (nSPS) is 20.2. The molecular weight excluding hydrogens is 203 g/mol. The first-order valence-corrected chi connectivity index (χ1v) is 5.93. The zero-order valence-electron chi connectivity index (χ0n) is 9.96. The molecule has 16 heavy (non-hydrogen) atoms. The topological polar surface area (TPSA) is 24.9 Å². The first-order chi connectivity index (χ1) is 7.59. The highest BCUT2D eigenvalue weighted by atomic mass is 19.1. The zero-order chi connectivity index (χ0) is 11.6. The second-order valence-corrected chi connectivity index (χ2v) is 5.20. The van der Waals surface area contributed by atoms with Gasteiger partial charge in [0.15, 0.2) is 0 Å². The van der Waals surface area contributed by atoms with Crippen LogP contribution in [0.3, 0.4) is 0 Å². The molecule has 0 aliphatic heterocycles. The highest BCUT2D eigenvalue weighted by molar-refractivity contribution is 5.14. The predicted octanol–water partition coefficient (Wildman–Crippen LogP) is 3.06. The maximum absolute atomic E-state index is 13.0. The lowest BCUT2D eigenvalue weighted by Gasteiger charge is -2.39. The van der Waals surface area contributed by atoms with Crippen LogP contribution >= 0.6 is 0 Å². The molecule has 1 fully saturated rings. The second kappa shape index (κ2) is 4.50. The fraction of sp³-hybridized carbons (Fsp3) is 0.615. The monoisotopic (exact) mass is 222 g/mol. The summed E-state index contributed by atoms with van der Waals surface area (Å²) in [5.41, 5.74) is 1.37. The molecule has 0 bridgehead atoms. The van der Waals surface area contributed by atoms with Gasteiger partial charge < -0.3 is 5.32 Å². The van der Waals surface area contributed by atoms with Crippen molar-refractivity contribution in [3.63, 3.8) is 0 Å². The van der Waals surface area contributed by atoms with Gasteiger partial charge in [-0.1, -0.05) is 13.3 Å². The Bertz CT molecular complexity index is 361. The van der Waals surface area contributed by atoms with Gasteiger partial charge in [-0.2, -0.15) is 0 Å². The molecule has 0 amide bonds. The van der Waals surface area contributed by atoms with E-state index in [0.717, 1.165) is 12.1 Å². The number of nitrogens with one attached hydrogen (secondary N) is 1. The van der Waals surface area contributed by atoms with Gasteiger partial charge in [0.25, 0.3) is 0 Å². The second-order valence-electron chi connectivity index (χ2n) is 5.20. The molecule has 1 aromatic heterocycles. The van der Waals surface area contributed by atoms with Crippen molar-refractivity contribution in [2.24, 2.45) is 5.41 Å². The van der Waals surface area contributed by atoms with Gasteiger partial charge in [-0.05, 0) is 36.8 Å². The van der Waals surface area contributed by atoms with E-state index in [1.807, 2.05) is 0 Å². The number of hydrogen-bond donors (Lipinski definition) is 1. The SMILES string of the molecule is CC(NCC1(C)CCC1)c1cncc(F)c1. The fourth-order valence-electron chi connectivity index (χ4n) is 2.14. The van der Waals surface area contributed by atoms with Crippen LogP contribution in [0.1, 0.15) is 44.7 Å². The van der Waals surface area contributed by atoms with E-state index in [9.17, 15) is 4.39 Å². The largest absolute Gasteiger partial charge is 0.310 e. The van der Waals surface area contributed by atoms with Crippen molar-refractivity contribution in [3.8, 4) is 0 Å². The van der Waals surface area contributed by atoms with Crippen molar-refractivity contribution >= 4 is 0 Å². The van der Waals surface area contributed by atoms with Gasteiger partial charge in [0.2, 0.25) is 0 Å². The Kier molecular flexibility index (Phi) is 3.24. The molecule has 2 rings (SSSR count). The van der Waals surface area contributed by atoms with Crippen LogP contribution in [0.5, 0.6) is 0 Å². The molecule has 2 nitrogen and oxygen atoms in total. The van der Waals surface area contributed by atoms with Gasteiger partial charge in [0.05, 0.1) is 6.20 Å². The lowest BCUT2D eigenvalue weighted by atomic mass is 9.70. The molecule has 0 aromatic carbocycles. The van der Waals surface area contributed by atoms with E-state index in [1.165, 1.54) is 25.5 Å². The lowest BCUT2D eigenvalue weighted by molar-refractivity contribution is 0.152. The molecule has 1 unspecified atom stereocenters. The summed E-state index contributed by atoms with van der Waals surface area (Å²) in [4.78, 5) is 3.87. The molecule has 1 saturated carbocycles. The number of hydrogen-bond acceptors (Lipinski definition) is 2. The summed E-state index contributed by atoms with van der Waals surface area (Å²) in [6.45, 7) is 5.36. The third kappa shape index (κ3) is 2.59. The maximum Gasteiger partial charge on any atom is 0.141 e. The van der Waals surface area contributed by atoms with E-state index >= 15 is 0 Å². The maximum atomic E-state index is 13.0. The summed E-state index contributed by atoms with van der Waals surface area (Å²) in [5, 5.41) is 3.46. The molecular formula is C13H19FN2. The minimum Gasteiger partial charge on any atom is -0.310 e. The Hall–Kier alpha value is -0.960. The van der Waals surface area contributed by atoms with E-state index in [0.29, 0.717) is 5.41 Å². The number of pyridine rings is 1. The van der Waals surface area contributed by atoms with E-state index in [1.54, 1.807) is 12.3 Å². The molecule has 0 spiro atoms. The Morgan fingerprint density at radius 2 is 2.25 bits per heavy atom. The smallest absolute Gasteiger partial charge is 0.141 e. The quantitative estimate of drug-likeness (QED) is 0.847. The minimum atomic E-state index is -0.263. The molecule has 1 aliphatic rings. The average molecular weight is 222 g/mol. The number of nitrogens with zero attached hydrogens (tertiary/aromatic N) is 1. The van der Waals surface area contributed by atoms with Gasteiger partial charge in [-0.15, -0.1) is 0 Å². The zero-order valence-corrected chi connectivity index (χ0v) is 9.96. The first-order valence-electron chi connectivity index (χ1n) is 5.93. The Morgan fingerprint density at radius 1 is 1.50 bits per heavy atom. The predicted molar refractivity (Wildman–Crippen MR) is 62.6 cm³/mol. The first kappa shape index (κ1) is 11.5. The number of halogens is 1. The summed E-state index contributed by atoms with van der Waals surface area (Å²) in [6, 6.07) is 1.72. The number of rotatable bonds is 4. The van der Waals surface area contributed by atoms with Crippen LogP contribution in [-0.2, 0) is 0 Å². The molecule has 1 N–H and O–H groups in total. The Labute approximate surface area is 96.3 Å². The van der Waals surface area contributed by atoms with Crippen molar-refractivity contribution < 1.29 is 4.39 Å². The molecule has 3 heteroatoms. The third-order valence-corrected chi connectivity index (χ3v) is 3.62. The van der Waals surface area contributed by atoms with E-state index in [-0.39, 0.29) is 11.9 Å². The average Bonchev–Trinajstić information content (AvgIpc) is 2.23. The molecule has 0 saturated heterocycles. The van der Waals surface area contributed by atoms with Crippen LogP contribution < -0.4 is 5.32 Å². The lowest BCUT2D eigenvalue weighted by Crippen LogP contribution is -2.38. The Balaban J connectivity index is 1.90. The van der Waals surface area contributed by atoms with Crippen LogP contribution in [0, 0.1) is 11.2 Å². The van der Waals surface area contributed by atoms with Gasteiger partial charge >= 0.3 is 0 Å². The van der Waals surface area contributed by atoms with Gasteiger partial charge in [-0.25, -0.2) is 4.39 Å². The highest BCUT2D eigenvalue weighted by Gasteiger charge is 2.31. The van der Waals surface area contributed by atoms with Crippen molar-refractivity contribution in [1.29, 1.82) is 0 Å². The summed E-state index contributed by atoms with van der Waals surface area (Å²) in [7, 11) is 0. The summed E-state index contributed by atoms with van der Waals surface area (Å²) >= 11 is 0. The van der Waals surface area contributed by atoms with E-state index in [4.69, 9.17) is 0 Å². The van der Waals surface area contributed by atoms with Crippen molar-refractivity contribution in [2.75, 3.05) is 6.54 Å². The molecule has 1 atom stereocenters. The van der Waals surface area contributed by atoms with Crippen LogP contribution in [-0.4, -0.2) is 11.5 Å². The van der Waals surface area contributed by atoms with Crippen LogP contribution in [0.25, 0.3) is 0 Å². The third-order valence-electron chi connectivity index (χ3n) is 3.62. The van der Waals surface area contributed by atoms with Crippen molar-refractivity contribution in [3.05, 3.63) is 29.8 Å². The van der Waals surface area contributed by atoms with E-state index in [2.05, 4.69) is 24.1 Å². The van der Waals surface area contributed by atoms with Gasteiger partial charge in [0, 0.05) is 18.8 Å². The van der Waals surface area contributed by atoms with Crippen LogP contribution in [0.4, 0.5) is 4.39 Å². The van der Waals surface area contributed by atoms with Crippen molar-refractivity contribution in [2.45, 2.75) is 39.2 Å². The number of aromatic nitrogens is 1. The highest BCUT2D eigenvalue weighted by Crippen LogP contribution is 2.39. The van der Waals surface area contributed by atoms with Crippen LogP contribution in [0.15, 0.2) is 18.5 Å². The fourth-order valence-corrected chi connectivity index (χ4v) is 2.14. The van der Waals surface area contributed by atoms with Gasteiger partial charge in [-0.3, -0.25) is 4.98 Å². The molecule has 1 heterocycles. The molecule has 1 aromatic rings. The molecule has 1 aliphatic carbocycles. The Morgan fingerprint density at radius 3 is 2.81 bits per heavy atom. The van der Waals surface area contributed by atoms with E-state index < -0.39 is 0 Å². The summed E-state index contributed by atoms with van der Waals surface area (Å²) < 4.78 is 13.0.